The lowest BCUT2D eigenvalue weighted by Crippen LogP contribution is -2.56. The maximum atomic E-state index is 13.2. The molecule has 12 nitrogen and oxygen atoms in total. The zero-order valence-electron chi connectivity index (χ0n) is 22.9. The highest BCUT2D eigenvalue weighted by atomic mass is 16.4. The van der Waals surface area contributed by atoms with Gasteiger partial charge in [-0.3, -0.25) is 14.4 Å². The Kier molecular flexibility index (Phi) is 11.2. The van der Waals surface area contributed by atoms with Crippen molar-refractivity contribution in [2.24, 2.45) is 11.5 Å². The van der Waals surface area contributed by atoms with Crippen molar-refractivity contribution in [1.29, 1.82) is 0 Å². The van der Waals surface area contributed by atoms with Crippen molar-refractivity contribution in [1.82, 2.24) is 20.9 Å². The number of phenolic OH excluding ortho intramolecular Hbond substituents is 1. The monoisotopic (exact) mass is 566 g/mol. The Hall–Kier alpha value is -4.42. The van der Waals surface area contributed by atoms with Crippen molar-refractivity contribution >= 4 is 34.6 Å². The minimum absolute atomic E-state index is 0.0416. The number of aromatic nitrogens is 1. The molecule has 3 amide bonds. The highest BCUT2D eigenvalue weighted by Crippen LogP contribution is 2.19. The number of para-hydroxylation sites is 1. The summed E-state index contributed by atoms with van der Waals surface area (Å²) in [6, 6.07) is 9.48. The summed E-state index contributed by atoms with van der Waals surface area (Å²) in [4.78, 5) is 53.9. The van der Waals surface area contributed by atoms with E-state index in [1.54, 1.807) is 18.3 Å². The highest BCUT2D eigenvalue weighted by molar-refractivity contribution is 5.94. The van der Waals surface area contributed by atoms with Crippen LogP contribution in [-0.4, -0.2) is 69.6 Å². The molecule has 41 heavy (non-hydrogen) atoms. The number of carboxylic acids is 1. The Morgan fingerprint density at radius 3 is 2.24 bits per heavy atom. The van der Waals surface area contributed by atoms with Gasteiger partial charge in [-0.15, -0.1) is 0 Å². The van der Waals surface area contributed by atoms with Gasteiger partial charge in [0.2, 0.25) is 17.7 Å². The molecule has 0 aliphatic rings. The molecule has 3 rings (SSSR count). The standard InChI is InChI=1S/C29H38N6O6/c1-17(33-27(38)22(31)14-18-9-11-20(36)12-10-18)26(37)34-24(8-4-5-13-30)28(39)35-25(29(40)41)15-19-16-32-23-7-3-2-6-21(19)23/h2-3,6-7,9-12,16-17,22,24-25,32,36H,4-5,8,13-15,30-31H2,1H3,(H,33,38)(H,34,37)(H,35,39)(H,40,41). The molecule has 220 valence electrons. The molecule has 4 atom stereocenters. The second-order valence-corrected chi connectivity index (χ2v) is 10.0. The lowest BCUT2D eigenvalue weighted by molar-refractivity contribution is -0.142. The van der Waals surface area contributed by atoms with Crippen molar-refractivity contribution in [3.8, 4) is 5.75 Å². The van der Waals surface area contributed by atoms with Crippen LogP contribution in [0.5, 0.6) is 5.75 Å². The van der Waals surface area contributed by atoms with Crippen LogP contribution in [0, 0.1) is 0 Å². The molecule has 3 aromatic rings. The van der Waals surface area contributed by atoms with Gasteiger partial charge in [0.15, 0.2) is 0 Å². The predicted molar refractivity (Wildman–Crippen MR) is 154 cm³/mol. The number of phenols is 1. The van der Waals surface area contributed by atoms with Gasteiger partial charge in [-0.2, -0.15) is 0 Å². The first-order valence-corrected chi connectivity index (χ1v) is 13.5. The van der Waals surface area contributed by atoms with Gasteiger partial charge in [0.05, 0.1) is 6.04 Å². The number of hydrogen-bond acceptors (Lipinski definition) is 7. The van der Waals surface area contributed by atoms with Crippen molar-refractivity contribution in [3.05, 3.63) is 65.9 Å². The van der Waals surface area contributed by atoms with Gasteiger partial charge >= 0.3 is 5.97 Å². The lowest BCUT2D eigenvalue weighted by atomic mass is 10.0. The summed E-state index contributed by atoms with van der Waals surface area (Å²) in [5.41, 5.74) is 13.9. The molecular weight excluding hydrogens is 528 g/mol. The fourth-order valence-electron chi connectivity index (χ4n) is 4.42. The van der Waals surface area contributed by atoms with Gasteiger partial charge < -0.3 is 42.6 Å². The van der Waals surface area contributed by atoms with E-state index in [0.29, 0.717) is 19.4 Å². The number of carboxylic acid groups (broad SMARTS) is 1. The Labute approximate surface area is 237 Å². The maximum Gasteiger partial charge on any atom is 0.326 e. The molecule has 10 N–H and O–H groups in total. The summed E-state index contributed by atoms with van der Waals surface area (Å²) in [6.07, 6.45) is 3.31. The van der Waals surface area contributed by atoms with Gasteiger partial charge in [-0.05, 0) is 68.5 Å². The van der Waals surface area contributed by atoms with Crippen molar-refractivity contribution in [2.75, 3.05) is 6.54 Å². The number of nitrogens with one attached hydrogen (secondary N) is 4. The quantitative estimate of drug-likeness (QED) is 0.122. The van der Waals surface area contributed by atoms with E-state index in [1.165, 1.54) is 19.1 Å². The Balaban J connectivity index is 1.62. The van der Waals surface area contributed by atoms with E-state index in [1.807, 2.05) is 24.3 Å². The highest BCUT2D eigenvalue weighted by Gasteiger charge is 2.29. The zero-order valence-corrected chi connectivity index (χ0v) is 22.9. The first-order valence-electron chi connectivity index (χ1n) is 13.5. The fourth-order valence-corrected chi connectivity index (χ4v) is 4.42. The molecule has 4 unspecified atom stereocenters. The average Bonchev–Trinajstić information content (AvgIpc) is 3.35. The number of aromatic hydroxyl groups is 1. The van der Waals surface area contributed by atoms with Crippen LogP contribution >= 0.6 is 0 Å². The Morgan fingerprint density at radius 2 is 1.56 bits per heavy atom. The van der Waals surface area contributed by atoms with Gasteiger partial charge in [0.25, 0.3) is 0 Å². The van der Waals surface area contributed by atoms with E-state index in [0.717, 1.165) is 22.0 Å². The number of benzene rings is 2. The van der Waals surface area contributed by atoms with Crippen LogP contribution in [-0.2, 0) is 32.0 Å². The number of aliphatic carboxylic acids is 1. The van der Waals surface area contributed by atoms with Crippen molar-refractivity contribution in [3.63, 3.8) is 0 Å². The number of amides is 3. The molecule has 1 aromatic heterocycles. The normalized spacial score (nSPS) is 14.0. The largest absolute Gasteiger partial charge is 0.508 e. The van der Waals surface area contributed by atoms with Gasteiger partial charge in [-0.25, -0.2) is 4.79 Å². The maximum absolute atomic E-state index is 13.2. The Morgan fingerprint density at radius 1 is 0.878 bits per heavy atom. The molecular formula is C29H38N6O6. The summed E-state index contributed by atoms with van der Waals surface area (Å²) in [5, 5.41) is 27.8. The van der Waals surface area contributed by atoms with Crippen LogP contribution in [0.25, 0.3) is 10.9 Å². The van der Waals surface area contributed by atoms with E-state index in [-0.39, 0.29) is 25.0 Å². The number of carbonyl (C=O) groups excluding carboxylic acids is 3. The number of aromatic amines is 1. The first kappa shape index (κ1) is 31.1. The van der Waals surface area contributed by atoms with Gasteiger partial charge in [-0.1, -0.05) is 30.3 Å². The molecule has 0 radical (unpaired) electrons. The Bertz CT molecular complexity index is 1340. The molecule has 1 heterocycles. The summed E-state index contributed by atoms with van der Waals surface area (Å²) in [6.45, 7) is 1.86. The van der Waals surface area contributed by atoms with Gasteiger partial charge in [0.1, 0.15) is 23.9 Å². The van der Waals surface area contributed by atoms with E-state index >= 15 is 0 Å². The predicted octanol–water partition coefficient (Wildman–Crippen LogP) is 0.674. The van der Waals surface area contributed by atoms with E-state index < -0.39 is 47.9 Å². The zero-order chi connectivity index (χ0) is 29.9. The van der Waals surface area contributed by atoms with Crippen LogP contribution in [0.4, 0.5) is 0 Å². The number of rotatable bonds is 15. The third kappa shape index (κ3) is 9.05. The third-order valence-electron chi connectivity index (χ3n) is 6.77. The lowest BCUT2D eigenvalue weighted by Gasteiger charge is -2.24. The minimum atomic E-state index is -1.23. The number of hydrogen-bond donors (Lipinski definition) is 8. The fraction of sp³-hybridized carbons (Fsp3) is 0.379. The molecule has 0 saturated carbocycles. The number of carbonyl (C=O) groups is 4. The summed E-state index contributed by atoms with van der Waals surface area (Å²) >= 11 is 0. The van der Waals surface area contributed by atoms with E-state index in [2.05, 4.69) is 20.9 Å². The second-order valence-electron chi connectivity index (χ2n) is 10.0. The van der Waals surface area contributed by atoms with Crippen molar-refractivity contribution in [2.45, 2.75) is 63.2 Å². The summed E-state index contributed by atoms with van der Waals surface area (Å²) in [7, 11) is 0. The van der Waals surface area contributed by atoms with Crippen LogP contribution in [0.2, 0.25) is 0 Å². The topological polar surface area (TPSA) is 213 Å². The third-order valence-corrected chi connectivity index (χ3v) is 6.77. The molecule has 0 aliphatic carbocycles. The molecule has 0 bridgehead atoms. The summed E-state index contributed by atoms with van der Waals surface area (Å²) in [5.74, 6) is -2.94. The van der Waals surface area contributed by atoms with Gasteiger partial charge in [0, 0.05) is 23.5 Å². The molecule has 12 heteroatoms. The van der Waals surface area contributed by atoms with E-state index in [9.17, 15) is 29.4 Å². The average molecular weight is 567 g/mol. The molecule has 2 aromatic carbocycles. The smallest absolute Gasteiger partial charge is 0.326 e. The van der Waals surface area contributed by atoms with Crippen LogP contribution < -0.4 is 27.4 Å². The molecule has 0 saturated heterocycles. The van der Waals surface area contributed by atoms with Crippen molar-refractivity contribution < 1.29 is 29.4 Å². The molecule has 0 spiro atoms. The van der Waals surface area contributed by atoms with Crippen LogP contribution in [0.1, 0.15) is 37.3 Å². The number of H-pyrrole nitrogens is 1. The van der Waals surface area contributed by atoms with E-state index in [4.69, 9.17) is 11.5 Å². The first-order chi connectivity index (χ1) is 19.6. The number of unbranched alkanes of at least 4 members (excludes halogenated alkanes) is 1. The van der Waals surface area contributed by atoms with Crippen LogP contribution in [0.3, 0.4) is 0 Å². The SMILES string of the molecule is CC(NC(=O)C(N)Cc1ccc(O)cc1)C(=O)NC(CCCCN)C(=O)NC(Cc1c[nH]c2ccccc12)C(=O)O. The molecule has 0 aliphatic heterocycles. The minimum Gasteiger partial charge on any atom is -0.508 e. The summed E-state index contributed by atoms with van der Waals surface area (Å²) < 4.78 is 0. The van der Waals surface area contributed by atoms with Crippen LogP contribution in [0.15, 0.2) is 54.7 Å². The molecule has 0 fully saturated rings. The number of fused-ring (bicyclic) bond motifs is 1. The second kappa shape index (κ2) is 14.8. The number of nitrogens with two attached hydrogens (primary N) is 2.